The number of thioether (sulfide) groups is 1. The van der Waals surface area contributed by atoms with Gasteiger partial charge in [0.05, 0.1) is 44.3 Å². The minimum absolute atomic E-state index is 0.0385. The zero-order valence-corrected chi connectivity index (χ0v) is 23.1. The largest absolute Gasteiger partial charge is 0.504 e. The van der Waals surface area contributed by atoms with E-state index in [0.717, 1.165) is 5.56 Å². The lowest BCUT2D eigenvalue weighted by Gasteiger charge is -2.13. The van der Waals surface area contributed by atoms with Crippen LogP contribution in [0.5, 0.6) is 23.0 Å². The minimum Gasteiger partial charge on any atom is -0.504 e. The highest BCUT2D eigenvalue weighted by molar-refractivity contribution is 8.18. The second-order valence-corrected chi connectivity index (χ2v) is 9.99. The van der Waals surface area contributed by atoms with E-state index in [1.165, 1.54) is 22.7 Å². The van der Waals surface area contributed by atoms with Gasteiger partial charge in [-0.25, -0.2) is 0 Å². The van der Waals surface area contributed by atoms with Gasteiger partial charge in [-0.3, -0.25) is 9.69 Å². The van der Waals surface area contributed by atoms with E-state index in [2.05, 4.69) is 24.1 Å². The highest BCUT2D eigenvalue weighted by Crippen LogP contribution is 2.35. The third kappa shape index (κ3) is 7.23. The predicted molar refractivity (Wildman–Crippen MR) is 152 cm³/mol. The molecule has 3 aromatic rings. The zero-order chi connectivity index (χ0) is 27.8. The molecule has 1 amide bonds. The summed E-state index contributed by atoms with van der Waals surface area (Å²) in [4.78, 5) is 15.3. The van der Waals surface area contributed by atoms with E-state index in [4.69, 9.17) is 18.6 Å². The lowest BCUT2D eigenvalue weighted by Crippen LogP contribution is -2.28. The number of methoxy groups -OCH3 is 1. The number of amides is 1. The number of carbonyl (C=O) groups is 1. The Labute approximate surface area is 231 Å². The van der Waals surface area contributed by atoms with E-state index in [1.807, 2.05) is 25.1 Å². The van der Waals surface area contributed by atoms with Crippen LogP contribution in [0, 0.1) is 5.92 Å². The van der Waals surface area contributed by atoms with Crippen molar-refractivity contribution in [3.05, 3.63) is 76.6 Å². The molecule has 1 aliphatic rings. The Morgan fingerprint density at radius 1 is 1.08 bits per heavy atom. The van der Waals surface area contributed by atoms with Gasteiger partial charge < -0.3 is 23.7 Å². The molecule has 0 radical (unpaired) electrons. The third-order valence-corrected chi connectivity index (χ3v) is 6.47. The van der Waals surface area contributed by atoms with Gasteiger partial charge in [0.1, 0.15) is 5.76 Å². The second-order valence-electron chi connectivity index (χ2n) is 8.98. The topological polar surface area (TPSA) is 106 Å². The average Bonchev–Trinajstić information content (AvgIpc) is 3.54. The summed E-state index contributed by atoms with van der Waals surface area (Å²) in [6.45, 7) is 7.20. The fraction of sp³-hybridized carbons (Fsp3) is 0.276. The van der Waals surface area contributed by atoms with Gasteiger partial charge in [0.25, 0.3) is 5.91 Å². The van der Waals surface area contributed by atoms with Crippen LogP contribution in [0.3, 0.4) is 0 Å². The number of phenols is 1. The summed E-state index contributed by atoms with van der Waals surface area (Å²) in [6, 6.07) is 14.0. The molecule has 0 aliphatic carbocycles. The smallest absolute Gasteiger partial charge is 0.267 e. The molecule has 0 bridgehead atoms. The fourth-order valence-electron chi connectivity index (χ4n) is 3.61. The zero-order valence-electron chi connectivity index (χ0n) is 22.3. The molecule has 2 aromatic carbocycles. The molecule has 0 unspecified atom stereocenters. The Hall–Kier alpha value is -4.18. The molecular weight excluding hydrogens is 518 g/mol. The molecule has 10 heteroatoms. The van der Waals surface area contributed by atoms with E-state index >= 15 is 0 Å². The molecule has 1 fully saturated rings. The van der Waals surface area contributed by atoms with Gasteiger partial charge in [-0.2, -0.15) is 5.10 Å². The molecular formula is C29H31N3O6S. The molecule has 0 spiro atoms. The van der Waals surface area contributed by atoms with Crippen molar-refractivity contribution >= 4 is 35.1 Å². The number of carbonyl (C=O) groups excluding carboxylic acids is 1. The van der Waals surface area contributed by atoms with Crippen LogP contribution in [0.1, 0.15) is 37.7 Å². The molecule has 0 saturated carbocycles. The van der Waals surface area contributed by atoms with Crippen LogP contribution in [0.15, 0.2) is 74.3 Å². The maximum absolute atomic E-state index is 13.3. The van der Waals surface area contributed by atoms with Gasteiger partial charge in [-0.1, -0.05) is 19.9 Å². The molecule has 0 atom stereocenters. The third-order valence-electron chi connectivity index (χ3n) is 5.47. The van der Waals surface area contributed by atoms with E-state index < -0.39 is 0 Å². The van der Waals surface area contributed by atoms with Crippen LogP contribution in [0.2, 0.25) is 0 Å². The first kappa shape index (κ1) is 27.8. The Morgan fingerprint density at radius 2 is 1.87 bits per heavy atom. The van der Waals surface area contributed by atoms with E-state index in [-0.39, 0.29) is 18.2 Å². The van der Waals surface area contributed by atoms with Crippen molar-refractivity contribution in [1.29, 1.82) is 0 Å². The summed E-state index contributed by atoms with van der Waals surface area (Å²) in [5.74, 6) is 2.43. The van der Waals surface area contributed by atoms with E-state index in [0.29, 0.717) is 57.8 Å². The number of rotatable bonds is 11. The van der Waals surface area contributed by atoms with Crippen molar-refractivity contribution in [3.63, 3.8) is 0 Å². The second kappa shape index (κ2) is 13.1. The van der Waals surface area contributed by atoms with Crippen molar-refractivity contribution in [2.75, 3.05) is 20.3 Å². The van der Waals surface area contributed by atoms with Gasteiger partial charge in [-0.15, -0.1) is 5.10 Å². The standard InChI is InChI=1S/C29H31N3O6S/c1-5-36-25-13-20(8-10-23(25)33)15-27-28(34)32(17-22-7-6-12-37-22)29(39-27)31-30-16-21-9-11-24(26(14-21)35-4)38-18-19(2)3/h6-16,19,33H,5,17-18H2,1-4H3/b27-15-,30-16-,31-29+. The summed E-state index contributed by atoms with van der Waals surface area (Å²) >= 11 is 1.21. The first-order valence-electron chi connectivity index (χ1n) is 12.5. The number of aromatic hydroxyl groups is 1. The Bertz CT molecular complexity index is 1380. The lowest BCUT2D eigenvalue weighted by molar-refractivity contribution is -0.122. The highest BCUT2D eigenvalue weighted by Gasteiger charge is 2.34. The molecule has 2 heterocycles. The van der Waals surface area contributed by atoms with Gasteiger partial charge in [0.15, 0.2) is 28.2 Å². The summed E-state index contributed by atoms with van der Waals surface area (Å²) in [5.41, 5.74) is 1.48. The molecule has 1 saturated heterocycles. The van der Waals surface area contributed by atoms with Crippen LogP contribution in [0.4, 0.5) is 0 Å². The van der Waals surface area contributed by atoms with Crippen molar-refractivity contribution in [2.45, 2.75) is 27.3 Å². The molecule has 4 rings (SSSR count). The number of benzene rings is 2. The summed E-state index contributed by atoms with van der Waals surface area (Å²) in [6.07, 6.45) is 4.88. The number of amidine groups is 1. The molecule has 9 nitrogen and oxygen atoms in total. The number of ether oxygens (including phenoxy) is 3. The van der Waals surface area contributed by atoms with Crippen molar-refractivity contribution in [2.24, 2.45) is 16.1 Å². The number of hydrogen-bond donors (Lipinski definition) is 1. The quantitative estimate of drug-likeness (QED) is 0.179. The Kier molecular flexibility index (Phi) is 9.32. The van der Waals surface area contributed by atoms with Crippen LogP contribution in [-0.4, -0.2) is 47.6 Å². The number of nitrogens with zero attached hydrogens (tertiary/aromatic N) is 3. The van der Waals surface area contributed by atoms with E-state index in [9.17, 15) is 9.90 Å². The number of hydrogen-bond acceptors (Lipinski definition) is 9. The van der Waals surface area contributed by atoms with Gasteiger partial charge in [0.2, 0.25) is 0 Å². The first-order valence-corrected chi connectivity index (χ1v) is 13.3. The van der Waals surface area contributed by atoms with Crippen molar-refractivity contribution in [1.82, 2.24) is 4.90 Å². The minimum atomic E-state index is -0.232. The summed E-state index contributed by atoms with van der Waals surface area (Å²) in [5, 5.41) is 19.0. The van der Waals surface area contributed by atoms with Crippen LogP contribution >= 0.6 is 11.8 Å². The SMILES string of the molecule is CCOc1cc(/C=C2\S/C(=N/N=C\c3ccc(OCC(C)C)c(OC)c3)N(Cc3ccco3)C2=O)ccc1O. The highest BCUT2D eigenvalue weighted by atomic mass is 32.2. The van der Waals surface area contributed by atoms with Crippen LogP contribution in [0.25, 0.3) is 6.08 Å². The lowest BCUT2D eigenvalue weighted by atomic mass is 10.2. The fourth-order valence-corrected chi connectivity index (χ4v) is 4.54. The van der Waals surface area contributed by atoms with Gasteiger partial charge >= 0.3 is 0 Å². The average molecular weight is 550 g/mol. The molecule has 1 aromatic heterocycles. The monoisotopic (exact) mass is 549 g/mol. The summed E-state index contributed by atoms with van der Waals surface area (Å²) < 4.78 is 22.2. The summed E-state index contributed by atoms with van der Waals surface area (Å²) in [7, 11) is 1.59. The molecule has 39 heavy (non-hydrogen) atoms. The van der Waals surface area contributed by atoms with Crippen LogP contribution < -0.4 is 14.2 Å². The maximum Gasteiger partial charge on any atom is 0.267 e. The number of furan rings is 1. The van der Waals surface area contributed by atoms with Gasteiger partial charge in [-0.05, 0) is 84.3 Å². The van der Waals surface area contributed by atoms with Crippen molar-refractivity contribution < 1.29 is 28.5 Å². The first-order chi connectivity index (χ1) is 18.9. The molecule has 1 aliphatic heterocycles. The Morgan fingerprint density at radius 3 is 2.59 bits per heavy atom. The molecule has 204 valence electrons. The maximum atomic E-state index is 13.3. The molecule has 1 N–H and O–H groups in total. The predicted octanol–water partition coefficient (Wildman–Crippen LogP) is 5.93. The van der Waals surface area contributed by atoms with E-state index in [1.54, 1.807) is 49.9 Å². The Balaban J connectivity index is 1.58. The van der Waals surface area contributed by atoms with Crippen LogP contribution in [-0.2, 0) is 11.3 Å². The van der Waals surface area contributed by atoms with Crippen molar-refractivity contribution in [3.8, 4) is 23.0 Å². The normalized spacial score (nSPS) is 15.7. The van der Waals surface area contributed by atoms with Gasteiger partial charge in [0, 0.05) is 0 Å². The number of phenolic OH excluding ortho intramolecular Hbond substituents is 1.